The molecule has 3 aromatic carbocycles. The molecule has 0 bridgehead atoms. The van der Waals surface area contributed by atoms with E-state index in [9.17, 15) is 23.9 Å². The maximum Gasteiger partial charge on any atom is 0.336 e. The molecule has 0 fully saturated rings. The molecule has 3 heterocycles. The van der Waals surface area contributed by atoms with Crippen molar-refractivity contribution in [1.82, 2.24) is 10.6 Å². The third kappa shape index (κ3) is 6.51. The molecule has 3 aromatic rings. The maximum absolute atomic E-state index is 14.6. The van der Waals surface area contributed by atoms with Crippen molar-refractivity contribution in [2.75, 3.05) is 31.6 Å². The molecular weight excluding hydrogens is 639 g/mol. The van der Waals surface area contributed by atoms with Crippen molar-refractivity contribution in [2.45, 2.75) is 50.3 Å². The maximum atomic E-state index is 14.6. The molecule has 250 valence electrons. The second-order valence-corrected chi connectivity index (χ2v) is 12.3. The standard InChI is InChI=1S/C36H36ClFN4O6/c1-2-47-17-14-23-18-22(13-15-39-23)36(28-8-4-3-6-21(28)12-16-40-36)35(46)41-24-10-11-25(27(19-24)34(44)45)33(43)31-20-30(42-48-31)26-7-5-9-29(37)32(26)38/h3-11,13,19,23,31,39-40H,2,12,14-18,20H2,1H3,(H,41,46)(H,44,45)/t23?,31-,36+/m1/s1. The molecule has 0 saturated heterocycles. The van der Waals surface area contributed by atoms with Crippen molar-refractivity contribution in [3.8, 4) is 0 Å². The lowest BCUT2D eigenvalue weighted by atomic mass is 9.73. The second kappa shape index (κ2) is 14.4. The van der Waals surface area contributed by atoms with E-state index in [-0.39, 0.29) is 51.5 Å². The minimum Gasteiger partial charge on any atom is -0.478 e. The van der Waals surface area contributed by atoms with Crippen LogP contribution in [0.15, 0.2) is 77.5 Å². The highest BCUT2D eigenvalue weighted by molar-refractivity contribution is 6.31. The van der Waals surface area contributed by atoms with E-state index in [1.165, 1.54) is 30.3 Å². The van der Waals surface area contributed by atoms with Crippen LogP contribution in [0.1, 0.15) is 63.6 Å². The van der Waals surface area contributed by atoms with Gasteiger partial charge in [-0.2, -0.15) is 0 Å². The van der Waals surface area contributed by atoms with Gasteiger partial charge < -0.3 is 25.3 Å². The van der Waals surface area contributed by atoms with Crippen LogP contribution in [0.2, 0.25) is 5.02 Å². The largest absolute Gasteiger partial charge is 0.478 e. The zero-order valence-corrected chi connectivity index (χ0v) is 27.1. The zero-order valence-electron chi connectivity index (χ0n) is 26.4. The van der Waals surface area contributed by atoms with E-state index < -0.39 is 29.2 Å². The molecule has 48 heavy (non-hydrogen) atoms. The molecule has 3 aliphatic rings. The Labute approximate surface area is 282 Å². The average Bonchev–Trinajstić information content (AvgIpc) is 3.59. The predicted molar refractivity (Wildman–Crippen MR) is 179 cm³/mol. The molecule has 0 aliphatic carbocycles. The predicted octanol–water partition coefficient (Wildman–Crippen LogP) is 5.25. The van der Waals surface area contributed by atoms with Gasteiger partial charge in [0, 0.05) is 55.6 Å². The Morgan fingerprint density at radius 2 is 1.96 bits per heavy atom. The molecule has 1 unspecified atom stereocenters. The van der Waals surface area contributed by atoms with Crippen LogP contribution >= 0.6 is 11.6 Å². The Bertz CT molecular complexity index is 1810. The number of anilines is 1. The Hall–Kier alpha value is -4.42. The number of oxime groups is 1. The van der Waals surface area contributed by atoms with E-state index in [1.54, 1.807) is 6.07 Å². The number of carbonyl (C=O) groups is 3. The van der Waals surface area contributed by atoms with Crippen LogP contribution < -0.4 is 16.0 Å². The van der Waals surface area contributed by atoms with Gasteiger partial charge in [0.2, 0.25) is 5.78 Å². The lowest BCUT2D eigenvalue weighted by Crippen LogP contribution is -2.58. The number of carbonyl (C=O) groups excluding carboxylic acids is 2. The van der Waals surface area contributed by atoms with Gasteiger partial charge in [0.15, 0.2) is 11.9 Å². The first-order valence-corrected chi connectivity index (χ1v) is 16.3. The summed E-state index contributed by atoms with van der Waals surface area (Å²) in [6.45, 7) is 4.34. The summed E-state index contributed by atoms with van der Waals surface area (Å²) in [5.74, 6) is -3.04. The van der Waals surface area contributed by atoms with E-state index in [1.807, 2.05) is 37.3 Å². The Kier molecular flexibility index (Phi) is 10.0. The van der Waals surface area contributed by atoms with Crippen LogP contribution in [0.4, 0.5) is 10.1 Å². The van der Waals surface area contributed by atoms with Gasteiger partial charge in [0.1, 0.15) is 5.54 Å². The number of amides is 1. The molecule has 6 rings (SSSR count). The van der Waals surface area contributed by atoms with E-state index >= 15 is 0 Å². The SMILES string of the molecule is CCOCCC1CC([C@]2(C(=O)Nc3ccc(C(=O)[C@H]4CC(c5cccc(Cl)c5F)=NO4)c(C(=O)O)c3)NCCc3ccccc32)=CCN1. The fourth-order valence-corrected chi connectivity index (χ4v) is 6.86. The highest BCUT2D eigenvalue weighted by atomic mass is 35.5. The molecule has 1 amide bonds. The van der Waals surface area contributed by atoms with Gasteiger partial charge in [-0.25, -0.2) is 9.18 Å². The number of halogens is 2. The Morgan fingerprint density at radius 1 is 1.12 bits per heavy atom. The fourth-order valence-electron chi connectivity index (χ4n) is 6.68. The highest BCUT2D eigenvalue weighted by Gasteiger charge is 2.47. The molecular formula is C36H36ClFN4O6. The van der Waals surface area contributed by atoms with Crippen LogP contribution in [0.25, 0.3) is 0 Å². The lowest BCUT2D eigenvalue weighted by Gasteiger charge is -2.43. The number of benzene rings is 3. The first kappa shape index (κ1) is 33.5. The van der Waals surface area contributed by atoms with Crippen LogP contribution in [-0.2, 0) is 26.3 Å². The van der Waals surface area contributed by atoms with Gasteiger partial charge in [-0.1, -0.05) is 53.2 Å². The van der Waals surface area contributed by atoms with Crippen molar-refractivity contribution < 1.29 is 33.5 Å². The van der Waals surface area contributed by atoms with Crippen LogP contribution in [0.5, 0.6) is 0 Å². The van der Waals surface area contributed by atoms with Gasteiger partial charge in [-0.05, 0) is 73.2 Å². The number of hydrogen-bond donors (Lipinski definition) is 4. The summed E-state index contributed by atoms with van der Waals surface area (Å²) in [7, 11) is 0. The normalized spacial score (nSPS) is 21.8. The van der Waals surface area contributed by atoms with E-state index in [4.69, 9.17) is 21.2 Å². The molecule has 3 atom stereocenters. The molecule has 10 nitrogen and oxygen atoms in total. The number of Topliss-reactive ketones (excluding diaryl/α,β-unsaturated/α-hetero) is 1. The van der Waals surface area contributed by atoms with Crippen molar-refractivity contribution in [3.05, 3.63) is 111 Å². The molecule has 4 N–H and O–H groups in total. The minimum atomic E-state index is -1.36. The highest BCUT2D eigenvalue weighted by Crippen LogP contribution is 2.40. The summed E-state index contributed by atoms with van der Waals surface area (Å²) in [6, 6.07) is 16.5. The second-order valence-electron chi connectivity index (χ2n) is 11.9. The lowest BCUT2D eigenvalue weighted by molar-refractivity contribution is -0.121. The summed E-state index contributed by atoms with van der Waals surface area (Å²) >= 11 is 5.90. The fraction of sp³-hybridized carbons (Fsp3) is 0.333. The number of hydrogen-bond acceptors (Lipinski definition) is 8. The number of nitrogens with zero attached hydrogens (tertiary/aromatic N) is 1. The first-order chi connectivity index (χ1) is 23.2. The molecule has 0 spiro atoms. The number of carboxylic acid groups (broad SMARTS) is 1. The van der Waals surface area contributed by atoms with Gasteiger partial charge in [0.25, 0.3) is 5.91 Å². The number of rotatable bonds is 11. The molecule has 0 radical (unpaired) electrons. The van der Waals surface area contributed by atoms with Gasteiger partial charge in [-0.15, -0.1) is 0 Å². The molecule has 12 heteroatoms. The topological polar surface area (TPSA) is 138 Å². The van der Waals surface area contributed by atoms with E-state index in [0.29, 0.717) is 32.7 Å². The van der Waals surface area contributed by atoms with Crippen molar-refractivity contribution >= 4 is 40.7 Å². The quantitative estimate of drug-likeness (QED) is 0.123. The molecule has 3 aliphatic heterocycles. The third-order valence-electron chi connectivity index (χ3n) is 9.06. The first-order valence-electron chi connectivity index (χ1n) is 16.0. The smallest absolute Gasteiger partial charge is 0.336 e. The number of fused-ring (bicyclic) bond motifs is 1. The number of nitrogens with one attached hydrogen (secondary N) is 3. The van der Waals surface area contributed by atoms with Crippen molar-refractivity contribution in [1.29, 1.82) is 0 Å². The minimum absolute atomic E-state index is 0.0726. The number of ketones is 1. The van der Waals surface area contributed by atoms with Crippen LogP contribution in [-0.4, -0.2) is 66.9 Å². The van der Waals surface area contributed by atoms with Crippen LogP contribution in [0, 0.1) is 5.82 Å². The van der Waals surface area contributed by atoms with E-state index in [2.05, 4.69) is 21.1 Å². The van der Waals surface area contributed by atoms with Crippen molar-refractivity contribution in [2.24, 2.45) is 5.16 Å². The molecule has 0 aromatic heterocycles. The summed E-state index contributed by atoms with van der Waals surface area (Å²) in [4.78, 5) is 45.8. The van der Waals surface area contributed by atoms with Gasteiger partial charge in [0.05, 0.1) is 16.3 Å². The van der Waals surface area contributed by atoms with Gasteiger partial charge in [-0.3, -0.25) is 14.9 Å². The third-order valence-corrected chi connectivity index (χ3v) is 9.35. The summed E-state index contributed by atoms with van der Waals surface area (Å²) in [5.41, 5.74) is 1.70. The summed E-state index contributed by atoms with van der Waals surface area (Å²) in [5, 5.41) is 23.9. The number of ether oxygens (including phenoxy) is 1. The Balaban J connectivity index is 1.26. The summed E-state index contributed by atoms with van der Waals surface area (Å²) < 4.78 is 20.2. The van der Waals surface area contributed by atoms with Crippen LogP contribution in [0.3, 0.4) is 0 Å². The zero-order chi connectivity index (χ0) is 33.8. The van der Waals surface area contributed by atoms with Crippen molar-refractivity contribution in [3.63, 3.8) is 0 Å². The monoisotopic (exact) mass is 674 g/mol. The summed E-state index contributed by atoms with van der Waals surface area (Å²) in [6.07, 6.45) is 2.96. The molecule has 0 saturated carbocycles. The number of carboxylic acids is 1. The Morgan fingerprint density at radius 3 is 2.77 bits per heavy atom. The number of aromatic carboxylic acids is 1. The van der Waals surface area contributed by atoms with E-state index in [0.717, 1.165) is 29.5 Å². The average molecular weight is 675 g/mol. The van der Waals surface area contributed by atoms with Gasteiger partial charge >= 0.3 is 5.97 Å².